The average Bonchev–Trinajstić information content (AvgIpc) is 2.41. The summed E-state index contributed by atoms with van der Waals surface area (Å²) in [6.07, 6.45) is 0. The minimum Gasteiger partial charge on any atom is -0.455 e. The Hall–Kier alpha value is -1.63. The highest BCUT2D eigenvalue weighted by molar-refractivity contribution is 9.10. The molecule has 20 heavy (non-hydrogen) atoms. The Balaban J connectivity index is 2.35. The fraction of sp³-hybridized carbons (Fsp3) is 0.0769. The third-order valence-corrected chi connectivity index (χ3v) is 3.38. The van der Waals surface area contributed by atoms with Crippen molar-refractivity contribution in [3.8, 4) is 11.5 Å². The standard InChI is InChI=1S/C13H10BrClN2O3/c14-9-2-1-8(7-16)13(5-9)20-12-4-3-10(17(18)19)6-11(12)15/h1-6H,7,16H2. The third kappa shape index (κ3) is 3.27. The first-order chi connectivity index (χ1) is 9.51. The van der Waals surface area contributed by atoms with E-state index in [0.29, 0.717) is 18.0 Å². The van der Waals surface area contributed by atoms with Crippen LogP contribution in [0.25, 0.3) is 0 Å². The lowest BCUT2D eigenvalue weighted by Crippen LogP contribution is -1.99. The maximum atomic E-state index is 10.7. The molecule has 0 aliphatic heterocycles. The van der Waals surface area contributed by atoms with Crippen LogP contribution in [0.2, 0.25) is 5.02 Å². The van der Waals surface area contributed by atoms with Crippen LogP contribution in [0.1, 0.15) is 5.56 Å². The largest absolute Gasteiger partial charge is 0.455 e. The first-order valence-electron chi connectivity index (χ1n) is 5.61. The molecule has 0 saturated heterocycles. The van der Waals surface area contributed by atoms with E-state index in [9.17, 15) is 10.1 Å². The number of hydrogen-bond donors (Lipinski definition) is 1. The van der Waals surface area contributed by atoms with Crippen molar-refractivity contribution in [3.63, 3.8) is 0 Å². The molecule has 2 N–H and O–H groups in total. The zero-order valence-corrected chi connectivity index (χ0v) is 12.5. The van der Waals surface area contributed by atoms with Crippen LogP contribution in [-0.4, -0.2) is 4.92 Å². The molecule has 0 atom stereocenters. The second-order valence-corrected chi connectivity index (χ2v) is 5.25. The van der Waals surface area contributed by atoms with Crippen molar-refractivity contribution in [3.05, 3.63) is 61.6 Å². The van der Waals surface area contributed by atoms with Crippen LogP contribution in [0.3, 0.4) is 0 Å². The molecule has 0 spiro atoms. The van der Waals surface area contributed by atoms with E-state index in [0.717, 1.165) is 10.0 Å². The Morgan fingerprint density at radius 3 is 2.60 bits per heavy atom. The van der Waals surface area contributed by atoms with Crippen LogP contribution in [-0.2, 0) is 6.54 Å². The summed E-state index contributed by atoms with van der Waals surface area (Å²) in [6.45, 7) is 0.313. The lowest BCUT2D eigenvalue weighted by atomic mass is 10.2. The van der Waals surface area contributed by atoms with E-state index in [1.807, 2.05) is 12.1 Å². The van der Waals surface area contributed by atoms with Gasteiger partial charge in [0.2, 0.25) is 0 Å². The first-order valence-corrected chi connectivity index (χ1v) is 6.78. The van der Waals surface area contributed by atoms with Crippen LogP contribution in [0.4, 0.5) is 5.69 Å². The van der Waals surface area contributed by atoms with Gasteiger partial charge in [0.15, 0.2) is 0 Å². The van der Waals surface area contributed by atoms with E-state index in [4.69, 9.17) is 22.1 Å². The van der Waals surface area contributed by atoms with E-state index in [1.165, 1.54) is 18.2 Å². The second kappa shape index (κ2) is 6.21. The molecule has 0 unspecified atom stereocenters. The van der Waals surface area contributed by atoms with Crippen molar-refractivity contribution in [2.75, 3.05) is 0 Å². The Morgan fingerprint density at radius 2 is 2.00 bits per heavy atom. The van der Waals surface area contributed by atoms with Gasteiger partial charge in [-0.15, -0.1) is 0 Å². The lowest BCUT2D eigenvalue weighted by Gasteiger charge is -2.11. The summed E-state index contributed by atoms with van der Waals surface area (Å²) in [6, 6.07) is 9.49. The molecule has 0 aromatic heterocycles. The number of rotatable bonds is 4. The highest BCUT2D eigenvalue weighted by Gasteiger charge is 2.12. The lowest BCUT2D eigenvalue weighted by molar-refractivity contribution is -0.384. The van der Waals surface area contributed by atoms with Gasteiger partial charge in [0.05, 0.1) is 9.95 Å². The molecule has 0 saturated carbocycles. The number of nitrogens with two attached hydrogens (primary N) is 1. The first kappa shape index (κ1) is 14.8. The SMILES string of the molecule is NCc1ccc(Br)cc1Oc1ccc([N+](=O)[O-])cc1Cl. The number of nitro groups is 1. The van der Waals surface area contributed by atoms with Crippen molar-refractivity contribution >= 4 is 33.2 Å². The molecular formula is C13H10BrClN2O3. The normalized spacial score (nSPS) is 10.3. The van der Waals surface area contributed by atoms with Gasteiger partial charge in [0.25, 0.3) is 5.69 Å². The summed E-state index contributed by atoms with van der Waals surface area (Å²) in [4.78, 5) is 10.1. The molecule has 104 valence electrons. The molecule has 0 heterocycles. The van der Waals surface area contributed by atoms with Gasteiger partial charge in [-0.05, 0) is 18.2 Å². The Labute approximate surface area is 128 Å². The van der Waals surface area contributed by atoms with Crippen molar-refractivity contribution in [1.29, 1.82) is 0 Å². The monoisotopic (exact) mass is 356 g/mol. The van der Waals surface area contributed by atoms with Crippen LogP contribution in [0.5, 0.6) is 11.5 Å². The van der Waals surface area contributed by atoms with Gasteiger partial charge in [-0.2, -0.15) is 0 Å². The average molecular weight is 358 g/mol. The Bertz CT molecular complexity index is 664. The number of ether oxygens (including phenoxy) is 1. The van der Waals surface area contributed by atoms with Gasteiger partial charge < -0.3 is 10.5 Å². The third-order valence-electron chi connectivity index (χ3n) is 2.60. The Kier molecular flexibility index (Phi) is 4.59. The Morgan fingerprint density at radius 1 is 1.25 bits per heavy atom. The highest BCUT2D eigenvalue weighted by atomic mass is 79.9. The summed E-state index contributed by atoms with van der Waals surface area (Å²) < 4.78 is 6.52. The van der Waals surface area contributed by atoms with E-state index in [1.54, 1.807) is 6.07 Å². The molecule has 0 bridgehead atoms. The van der Waals surface area contributed by atoms with E-state index in [-0.39, 0.29) is 10.7 Å². The van der Waals surface area contributed by atoms with Crippen LogP contribution < -0.4 is 10.5 Å². The summed E-state index contributed by atoms with van der Waals surface area (Å²) in [7, 11) is 0. The molecule has 2 aromatic rings. The van der Waals surface area contributed by atoms with Gasteiger partial charge in [-0.25, -0.2) is 0 Å². The maximum absolute atomic E-state index is 10.7. The fourth-order valence-electron chi connectivity index (χ4n) is 1.60. The van der Waals surface area contributed by atoms with E-state index in [2.05, 4.69) is 15.9 Å². The van der Waals surface area contributed by atoms with Gasteiger partial charge in [0.1, 0.15) is 11.5 Å². The molecule has 0 amide bonds. The smallest absolute Gasteiger partial charge is 0.271 e. The van der Waals surface area contributed by atoms with Gasteiger partial charge in [0, 0.05) is 28.7 Å². The quantitative estimate of drug-likeness (QED) is 0.655. The molecule has 0 aliphatic carbocycles. The summed E-state index contributed by atoms with van der Waals surface area (Å²) in [5, 5.41) is 10.8. The second-order valence-electron chi connectivity index (χ2n) is 3.93. The van der Waals surface area contributed by atoms with Crippen LogP contribution in [0, 0.1) is 10.1 Å². The van der Waals surface area contributed by atoms with Gasteiger partial charge in [-0.1, -0.05) is 33.6 Å². The zero-order chi connectivity index (χ0) is 14.7. The number of non-ortho nitro benzene ring substituents is 1. The molecule has 5 nitrogen and oxygen atoms in total. The molecule has 0 aliphatic rings. The van der Waals surface area contributed by atoms with Gasteiger partial charge >= 0.3 is 0 Å². The summed E-state index contributed by atoms with van der Waals surface area (Å²) in [5.74, 6) is 0.891. The molecule has 7 heteroatoms. The zero-order valence-electron chi connectivity index (χ0n) is 10.2. The maximum Gasteiger partial charge on any atom is 0.271 e. The van der Waals surface area contributed by atoms with E-state index >= 15 is 0 Å². The van der Waals surface area contributed by atoms with Crippen LogP contribution in [0.15, 0.2) is 40.9 Å². The van der Waals surface area contributed by atoms with Crippen LogP contribution >= 0.6 is 27.5 Å². The predicted molar refractivity (Wildman–Crippen MR) is 80.2 cm³/mol. The topological polar surface area (TPSA) is 78.4 Å². The van der Waals surface area contributed by atoms with Gasteiger partial charge in [-0.3, -0.25) is 10.1 Å². The number of nitrogens with zero attached hydrogens (tertiary/aromatic N) is 1. The minimum absolute atomic E-state index is 0.0874. The minimum atomic E-state index is -0.514. The molecule has 2 rings (SSSR count). The molecule has 0 radical (unpaired) electrons. The highest BCUT2D eigenvalue weighted by Crippen LogP contribution is 2.34. The van der Waals surface area contributed by atoms with Crippen molar-refractivity contribution in [2.24, 2.45) is 5.73 Å². The van der Waals surface area contributed by atoms with E-state index < -0.39 is 4.92 Å². The molecule has 2 aromatic carbocycles. The number of halogens is 2. The van der Waals surface area contributed by atoms with Crippen molar-refractivity contribution in [1.82, 2.24) is 0 Å². The number of benzene rings is 2. The summed E-state index contributed by atoms with van der Waals surface area (Å²) >= 11 is 9.33. The summed E-state index contributed by atoms with van der Waals surface area (Å²) in [5.41, 5.74) is 6.36. The molecular weight excluding hydrogens is 348 g/mol. The van der Waals surface area contributed by atoms with Crippen molar-refractivity contribution < 1.29 is 9.66 Å². The number of hydrogen-bond acceptors (Lipinski definition) is 4. The number of nitro benzene ring substituents is 1. The fourth-order valence-corrected chi connectivity index (χ4v) is 2.15. The van der Waals surface area contributed by atoms with Crippen molar-refractivity contribution in [2.45, 2.75) is 6.54 Å². The predicted octanol–water partition coefficient (Wildman–Crippen LogP) is 4.26. The molecule has 0 fully saturated rings.